The summed E-state index contributed by atoms with van der Waals surface area (Å²) in [5.41, 5.74) is 0. The molecule has 0 aliphatic carbocycles. The first-order valence-electron chi connectivity index (χ1n) is 5.97. The van der Waals surface area contributed by atoms with Gasteiger partial charge in [-0.2, -0.15) is 5.26 Å². The lowest BCUT2D eigenvalue weighted by Gasteiger charge is -2.18. The van der Waals surface area contributed by atoms with Crippen molar-refractivity contribution >= 4 is 17.1 Å². The molecule has 3 nitrogen and oxygen atoms in total. The second-order valence-corrected chi connectivity index (χ2v) is 4.60. The van der Waals surface area contributed by atoms with Crippen LogP contribution in [0, 0.1) is 17.2 Å². The Morgan fingerprint density at radius 2 is 2.06 bits per heavy atom. The number of thiocarbonyl (C=S) groups is 1. The first-order chi connectivity index (χ1) is 8.58. The van der Waals surface area contributed by atoms with E-state index < -0.39 is 0 Å². The van der Waals surface area contributed by atoms with E-state index in [0.29, 0.717) is 10.6 Å². The van der Waals surface area contributed by atoms with Gasteiger partial charge in [-0.3, -0.25) is 0 Å². The highest BCUT2D eigenvalue weighted by molar-refractivity contribution is 7.80. The first-order valence-corrected chi connectivity index (χ1v) is 6.38. The Bertz CT molecular complexity index is 436. The molecule has 0 aliphatic rings. The maximum atomic E-state index is 9.17. The molecule has 0 aliphatic heterocycles. The Labute approximate surface area is 113 Å². The summed E-state index contributed by atoms with van der Waals surface area (Å²) in [5, 5.41) is 18.2. The van der Waals surface area contributed by atoms with Gasteiger partial charge in [-0.1, -0.05) is 25.6 Å². The molecule has 0 amide bonds. The van der Waals surface area contributed by atoms with E-state index in [2.05, 4.69) is 6.07 Å². The maximum Gasteiger partial charge on any atom is 0.128 e. The number of nitriles is 1. The molecule has 18 heavy (non-hydrogen) atoms. The molecule has 4 heteroatoms. The lowest BCUT2D eigenvalue weighted by atomic mass is 9.98. The number of benzene rings is 1. The van der Waals surface area contributed by atoms with E-state index in [1.54, 1.807) is 24.3 Å². The molecule has 1 rings (SSSR count). The molecule has 2 atom stereocenters. The van der Waals surface area contributed by atoms with Gasteiger partial charge in [0, 0.05) is 0 Å². The monoisotopic (exact) mass is 263 g/mol. The topological polar surface area (TPSA) is 53.2 Å². The van der Waals surface area contributed by atoms with E-state index >= 15 is 0 Å². The number of nitrogens with zero attached hydrogens (tertiary/aromatic N) is 1. The highest BCUT2D eigenvalue weighted by Crippen LogP contribution is 2.19. The van der Waals surface area contributed by atoms with Crippen LogP contribution in [0.2, 0.25) is 0 Å². The van der Waals surface area contributed by atoms with Crippen molar-refractivity contribution in [2.24, 2.45) is 5.92 Å². The molecule has 0 bridgehead atoms. The molecule has 0 heterocycles. The molecule has 1 aromatic carbocycles. The van der Waals surface area contributed by atoms with E-state index in [1.165, 1.54) is 0 Å². The van der Waals surface area contributed by atoms with Gasteiger partial charge in [0.1, 0.15) is 17.6 Å². The molecule has 96 valence electrons. The highest BCUT2D eigenvalue weighted by Gasteiger charge is 2.20. The van der Waals surface area contributed by atoms with E-state index in [0.717, 1.165) is 12.8 Å². The molecule has 0 aromatic heterocycles. The van der Waals surface area contributed by atoms with Crippen LogP contribution in [-0.2, 0) is 0 Å². The average molecular weight is 263 g/mol. The molecule has 1 N–H and O–H groups in total. The van der Waals surface area contributed by atoms with Crippen LogP contribution in [0.4, 0.5) is 0 Å². The Kier molecular flexibility index (Phi) is 5.60. The zero-order valence-electron chi connectivity index (χ0n) is 10.6. The number of aromatic hydroxyl groups is 1. The largest absolute Gasteiger partial charge is 0.508 e. The normalized spacial score (nSPS) is 13.4. The molecule has 0 spiro atoms. The molecular weight excluding hydrogens is 246 g/mol. The summed E-state index contributed by atoms with van der Waals surface area (Å²) in [5.74, 6) is 0.589. The third-order valence-corrected chi connectivity index (χ3v) is 3.24. The summed E-state index contributed by atoms with van der Waals surface area (Å²) in [6.07, 6.45) is 1.39. The SMILES string of the molecule is CCCC(C#N)C(=S)C(C)Oc1ccc(O)cc1. The van der Waals surface area contributed by atoms with Crippen LogP contribution in [0.25, 0.3) is 0 Å². The van der Waals surface area contributed by atoms with Crippen molar-refractivity contribution in [3.63, 3.8) is 0 Å². The number of hydrogen-bond acceptors (Lipinski definition) is 4. The standard InChI is InChI=1S/C14H17NO2S/c1-3-4-11(9-15)14(18)10(2)17-13-7-5-12(16)6-8-13/h5-8,10-11,16H,3-4H2,1-2H3. The van der Waals surface area contributed by atoms with E-state index in [1.807, 2.05) is 13.8 Å². The minimum absolute atomic E-state index is 0.193. The molecule has 0 saturated carbocycles. The Balaban J connectivity index is 2.64. The lowest BCUT2D eigenvalue weighted by molar-refractivity contribution is 0.284. The van der Waals surface area contributed by atoms with Gasteiger partial charge < -0.3 is 9.84 Å². The maximum absolute atomic E-state index is 9.17. The van der Waals surface area contributed by atoms with Crippen molar-refractivity contribution in [1.29, 1.82) is 5.26 Å². The summed E-state index contributed by atoms with van der Waals surface area (Å²) in [6, 6.07) is 8.68. The molecule has 0 fully saturated rings. The summed E-state index contributed by atoms with van der Waals surface area (Å²) in [6.45, 7) is 3.87. The number of phenolic OH excluding ortho intramolecular Hbond substituents is 1. The van der Waals surface area contributed by atoms with Gasteiger partial charge in [0.25, 0.3) is 0 Å². The van der Waals surface area contributed by atoms with Gasteiger partial charge in [0.15, 0.2) is 0 Å². The molecule has 0 radical (unpaired) electrons. The smallest absolute Gasteiger partial charge is 0.128 e. The third kappa shape index (κ3) is 4.01. The van der Waals surface area contributed by atoms with Crippen LogP contribution >= 0.6 is 12.2 Å². The zero-order valence-corrected chi connectivity index (χ0v) is 11.4. The molecular formula is C14H17NO2S. The van der Waals surface area contributed by atoms with Crippen molar-refractivity contribution in [2.45, 2.75) is 32.8 Å². The van der Waals surface area contributed by atoms with Crippen LogP contribution in [0.3, 0.4) is 0 Å². The van der Waals surface area contributed by atoms with Crippen molar-refractivity contribution in [3.05, 3.63) is 24.3 Å². The van der Waals surface area contributed by atoms with E-state index in [4.69, 9.17) is 22.2 Å². The van der Waals surface area contributed by atoms with Crippen LogP contribution in [0.5, 0.6) is 11.5 Å². The Morgan fingerprint density at radius 3 is 2.56 bits per heavy atom. The second kappa shape index (κ2) is 6.97. The first kappa shape index (κ1) is 14.5. The quantitative estimate of drug-likeness (QED) is 0.798. The van der Waals surface area contributed by atoms with Crippen molar-refractivity contribution < 1.29 is 9.84 Å². The predicted octanol–water partition coefficient (Wildman–Crippen LogP) is 3.47. The number of ether oxygens (including phenoxy) is 1. The number of hydrogen-bond donors (Lipinski definition) is 1. The number of phenols is 1. The van der Waals surface area contributed by atoms with Crippen LogP contribution in [0.1, 0.15) is 26.7 Å². The van der Waals surface area contributed by atoms with Crippen LogP contribution in [-0.4, -0.2) is 16.1 Å². The summed E-state index contributed by atoms with van der Waals surface area (Å²) in [4.78, 5) is 0.632. The fourth-order valence-electron chi connectivity index (χ4n) is 1.63. The fourth-order valence-corrected chi connectivity index (χ4v) is 1.85. The van der Waals surface area contributed by atoms with Crippen molar-refractivity contribution in [1.82, 2.24) is 0 Å². The fraction of sp³-hybridized carbons (Fsp3) is 0.429. The van der Waals surface area contributed by atoms with E-state index in [9.17, 15) is 5.11 Å². The summed E-state index contributed by atoms with van der Waals surface area (Å²) < 4.78 is 5.66. The van der Waals surface area contributed by atoms with Crippen molar-refractivity contribution in [2.75, 3.05) is 0 Å². The highest BCUT2D eigenvalue weighted by atomic mass is 32.1. The zero-order chi connectivity index (χ0) is 13.5. The predicted molar refractivity (Wildman–Crippen MR) is 74.8 cm³/mol. The Morgan fingerprint density at radius 1 is 1.44 bits per heavy atom. The number of rotatable bonds is 6. The molecule has 0 saturated heterocycles. The van der Waals surface area contributed by atoms with Crippen LogP contribution < -0.4 is 4.74 Å². The van der Waals surface area contributed by atoms with Gasteiger partial charge in [0.05, 0.1) is 16.9 Å². The van der Waals surface area contributed by atoms with E-state index in [-0.39, 0.29) is 17.8 Å². The molecule has 1 aromatic rings. The Hall–Kier alpha value is -1.60. The lowest BCUT2D eigenvalue weighted by Crippen LogP contribution is -2.28. The third-order valence-electron chi connectivity index (χ3n) is 2.63. The summed E-state index contributed by atoms with van der Waals surface area (Å²) >= 11 is 5.29. The molecule has 2 unspecified atom stereocenters. The van der Waals surface area contributed by atoms with Gasteiger partial charge in [-0.15, -0.1) is 0 Å². The average Bonchev–Trinajstić information content (AvgIpc) is 2.37. The van der Waals surface area contributed by atoms with Gasteiger partial charge >= 0.3 is 0 Å². The second-order valence-electron chi connectivity index (χ2n) is 4.13. The minimum atomic E-state index is -0.291. The minimum Gasteiger partial charge on any atom is -0.508 e. The van der Waals surface area contributed by atoms with Gasteiger partial charge in [-0.05, 0) is 37.6 Å². The van der Waals surface area contributed by atoms with Gasteiger partial charge in [-0.25, -0.2) is 0 Å². The van der Waals surface area contributed by atoms with Crippen LogP contribution in [0.15, 0.2) is 24.3 Å². The van der Waals surface area contributed by atoms with Gasteiger partial charge in [0.2, 0.25) is 0 Å². The van der Waals surface area contributed by atoms with Crippen molar-refractivity contribution in [3.8, 4) is 17.6 Å². The summed E-state index contributed by atoms with van der Waals surface area (Å²) in [7, 11) is 0.